The van der Waals surface area contributed by atoms with Crippen LogP contribution in [-0.2, 0) is 7.05 Å². The van der Waals surface area contributed by atoms with E-state index >= 15 is 0 Å². The lowest BCUT2D eigenvalue weighted by Crippen LogP contribution is -2.39. The maximum absolute atomic E-state index is 12.6. The van der Waals surface area contributed by atoms with Gasteiger partial charge in [-0.05, 0) is 19.8 Å². The normalized spacial score (nSPS) is 19.3. The summed E-state index contributed by atoms with van der Waals surface area (Å²) in [7, 11) is 1.85. The fraction of sp³-hybridized carbons (Fsp3) is 0.538. The number of hydrogen-bond donors (Lipinski definition) is 1. The average Bonchev–Trinajstić information content (AvgIpc) is 3.10. The number of H-pyrrole nitrogens is 1. The van der Waals surface area contributed by atoms with Gasteiger partial charge in [0, 0.05) is 31.7 Å². The van der Waals surface area contributed by atoms with Gasteiger partial charge in [0.25, 0.3) is 5.91 Å². The predicted octanol–water partition coefficient (Wildman–Crippen LogP) is 0.866. The van der Waals surface area contributed by atoms with Gasteiger partial charge in [0.2, 0.25) is 0 Å². The molecule has 1 N–H and O–H groups in total. The lowest BCUT2D eigenvalue weighted by Gasteiger charge is -2.31. The van der Waals surface area contributed by atoms with Crippen LogP contribution in [0.2, 0.25) is 0 Å². The van der Waals surface area contributed by atoms with Crippen molar-refractivity contribution in [2.24, 2.45) is 7.05 Å². The van der Waals surface area contributed by atoms with Crippen LogP contribution >= 0.6 is 0 Å². The summed E-state index contributed by atoms with van der Waals surface area (Å²) in [5.74, 6) is 1.16. The lowest BCUT2D eigenvalue weighted by atomic mass is 9.97. The van der Waals surface area contributed by atoms with E-state index in [1.54, 1.807) is 10.9 Å². The van der Waals surface area contributed by atoms with E-state index in [1.807, 2.05) is 18.9 Å². The SMILES string of the molecule is Cc1c(C(=O)N2CCCC(c3ncn[nH]3)C2)cnn1C. The molecule has 0 radical (unpaired) electrons. The van der Waals surface area contributed by atoms with Crippen molar-refractivity contribution in [2.45, 2.75) is 25.7 Å². The maximum Gasteiger partial charge on any atom is 0.257 e. The molecular formula is C13H18N6O. The number of rotatable bonds is 2. The van der Waals surface area contributed by atoms with Gasteiger partial charge >= 0.3 is 0 Å². The molecule has 1 saturated heterocycles. The number of amides is 1. The third-order valence-corrected chi connectivity index (χ3v) is 3.99. The van der Waals surface area contributed by atoms with E-state index in [-0.39, 0.29) is 11.8 Å². The molecule has 1 aliphatic heterocycles. The van der Waals surface area contributed by atoms with Crippen LogP contribution < -0.4 is 0 Å². The van der Waals surface area contributed by atoms with E-state index in [1.165, 1.54) is 6.33 Å². The Bertz CT molecular complexity index is 602. The van der Waals surface area contributed by atoms with Gasteiger partial charge in [0.05, 0.1) is 11.8 Å². The largest absolute Gasteiger partial charge is 0.338 e. The third-order valence-electron chi connectivity index (χ3n) is 3.99. The summed E-state index contributed by atoms with van der Waals surface area (Å²) in [6.45, 7) is 3.39. The van der Waals surface area contributed by atoms with Crippen LogP contribution in [0.25, 0.3) is 0 Å². The molecule has 1 atom stereocenters. The first-order valence-electron chi connectivity index (χ1n) is 6.80. The molecule has 2 aromatic heterocycles. The maximum atomic E-state index is 12.6. The molecule has 0 saturated carbocycles. The molecule has 1 aliphatic rings. The van der Waals surface area contributed by atoms with Crippen molar-refractivity contribution < 1.29 is 4.79 Å². The minimum atomic E-state index is 0.0554. The second-order valence-corrected chi connectivity index (χ2v) is 5.23. The molecule has 0 aliphatic carbocycles. The standard InChI is InChI=1S/C13H18N6O/c1-9-11(6-16-18(9)2)13(20)19-5-3-4-10(7-19)12-14-8-15-17-12/h6,8,10H,3-5,7H2,1-2H3,(H,14,15,17). The van der Waals surface area contributed by atoms with Gasteiger partial charge in [-0.25, -0.2) is 4.98 Å². The Labute approximate surface area is 117 Å². The van der Waals surface area contributed by atoms with Gasteiger partial charge in [-0.2, -0.15) is 10.2 Å². The van der Waals surface area contributed by atoms with Crippen LogP contribution in [0, 0.1) is 6.92 Å². The molecule has 1 unspecified atom stereocenters. The van der Waals surface area contributed by atoms with Gasteiger partial charge in [-0.3, -0.25) is 14.6 Å². The lowest BCUT2D eigenvalue weighted by molar-refractivity contribution is 0.0703. The number of nitrogens with zero attached hydrogens (tertiary/aromatic N) is 5. The summed E-state index contributed by atoms with van der Waals surface area (Å²) < 4.78 is 1.73. The minimum absolute atomic E-state index is 0.0554. The zero-order chi connectivity index (χ0) is 14.1. The van der Waals surface area contributed by atoms with Crippen molar-refractivity contribution in [1.29, 1.82) is 0 Å². The first-order valence-corrected chi connectivity index (χ1v) is 6.80. The number of carbonyl (C=O) groups excluding carboxylic acids is 1. The molecule has 0 aromatic carbocycles. The smallest absolute Gasteiger partial charge is 0.257 e. The highest BCUT2D eigenvalue weighted by Crippen LogP contribution is 2.25. The second-order valence-electron chi connectivity index (χ2n) is 5.23. The Morgan fingerprint density at radius 2 is 2.35 bits per heavy atom. The van der Waals surface area contributed by atoms with Crippen molar-refractivity contribution >= 4 is 5.91 Å². The molecule has 0 spiro atoms. The summed E-state index contributed by atoms with van der Waals surface area (Å²) in [5.41, 5.74) is 1.59. The number of aromatic nitrogens is 5. The summed E-state index contributed by atoms with van der Waals surface area (Å²) >= 11 is 0. The topological polar surface area (TPSA) is 79.7 Å². The fourth-order valence-electron chi connectivity index (χ4n) is 2.68. The quantitative estimate of drug-likeness (QED) is 0.881. The highest BCUT2D eigenvalue weighted by atomic mass is 16.2. The van der Waals surface area contributed by atoms with Gasteiger partial charge in [0.1, 0.15) is 12.2 Å². The highest BCUT2D eigenvalue weighted by molar-refractivity contribution is 5.95. The summed E-state index contributed by atoms with van der Waals surface area (Å²) in [4.78, 5) is 18.7. The molecule has 1 fully saturated rings. The fourth-order valence-corrected chi connectivity index (χ4v) is 2.68. The Morgan fingerprint density at radius 3 is 3.00 bits per heavy atom. The third kappa shape index (κ3) is 2.19. The Balaban J connectivity index is 1.77. The molecule has 3 heterocycles. The first kappa shape index (κ1) is 12.8. The molecule has 106 valence electrons. The second kappa shape index (κ2) is 5.07. The van der Waals surface area contributed by atoms with Crippen molar-refractivity contribution in [3.8, 4) is 0 Å². The number of piperidine rings is 1. The van der Waals surface area contributed by atoms with E-state index in [0.29, 0.717) is 12.1 Å². The molecule has 1 amide bonds. The van der Waals surface area contributed by atoms with Gasteiger partial charge in [-0.15, -0.1) is 0 Å². The Morgan fingerprint density at radius 1 is 1.50 bits per heavy atom. The van der Waals surface area contributed by atoms with Crippen LogP contribution in [0.1, 0.15) is 40.6 Å². The van der Waals surface area contributed by atoms with Crippen LogP contribution in [0.3, 0.4) is 0 Å². The molecule has 0 bridgehead atoms. The molecule has 7 heteroatoms. The van der Waals surface area contributed by atoms with Gasteiger partial charge < -0.3 is 4.90 Å². The van der Waals surface area contributed by atoms with Crippen molar-refractivity contribution in [1.82, 2.24) is 29.9 Å². The van der Waals surface area contributed by atoms with E-state index in [9.17, 15) is 4.79 Å². The highest BCUT2D eigenvalue weighted by Gasteiger charge is 2.28. The Kier molecular flexibility index (Phi) is 3.25. The van der Waals surface area contributed by atoms with E-state index in [0.717, 1.165) is 30.9 Å². The summed E-state index contributed by atoms with van der Waals surface area (Å²) in [6, 6.07) is 0. The zero-order valence-electron chi connectivity index (χ0n) is 11.7. The molecular weight excluding hydrogens is 256 g/mol. The molecule has 3 rings (SSSR count). The number of aryl methyl sites for hydroxylation is 1. The van der Waals surface area contributed by atoms with Crippen molar-refractivity contribution in [3.05, 3.63) is 29.6 Å². The molecule has 7 nitrogen and oxygen atoms in total. The number of carbonyl (C=O) groups is 1. The summed E-state index contributed by atoms with van der Waals surface area (Å²) in [6.07, 6.45) is 5.18. The zero-order valence-corrected chi connectivity index (χ0v) is 11.7. The molecule has 20 heavy (non-hydrogen) atoms. The van der Waals surface area contributed by atoms with Crippen LogP contribution in [0.5, 0.6) is 0 Å². The number of nitrogens with one attached hydrogen (secondary N) is 1. The van der Waals surface area contributed by atoms with Crippen molar-refractivity contribution in [2.75, 3.05) is 13.1 Å². The van der Waals surface area contributed by atoms with E-state index in [2.05, 4.69) is 20.3 Å². The van der Waals surface area contributed by atoms with Crippen LogP contribution in [0.15, 0.2) is 12.5 Å². The van der Waals surface area contributed by atoms with Crippen LogP contribution in [-0.4, -0.2) is 48.9 Å². The number of hydrogen-bond acceptors (Lipinski definition) is 4. The van der Waals surface area contributed by atoms with E-state index in [4.69, 9.17) is 0 Å². The van der Waals surface area contributed by atoms with Gasteiger partial charge in [0.15, 0.2) is 0 Å². The van der Waals surface area contributed by atoms with Crippen LogP contribution in [0.4, 0.5) is 0 Å². The molecule has 2 aromatic rings. The Hall–Kier alpha value is -2.18. The van der Waals surface area contributed by atoms with E-state index < -0.39 is 0 Å². The van der Waals surface area contributed by atoms with Crippen molar-refractivity contribution in [3.63, 3.8) is 0 Å². The van der Waals surface area contributed by atoms with Gasteiger partial charge in [-0.1, -0.05) is 0 Å². The average molecular weight is 274 g/mol. The number of likely N-dealkylation sites (tertiary alicyclic amines) is 1. The predicted molar refractivity (Wildman–Crippen MR) is 72.2 cm³/mol. The summed E-state index contributed by atoms with van der Waals surface area (Å²) in [5, 5.41) is 10.9. The number of aromatic amines is 1. The monoisotopic (exact) mass is 274 g/mol. The minimum Gasteiger partial charge on any atom is -0.338 e. The first-order chi connectivity index (χ1) is 9.66.